The molecule has 0 fully saturated rings. The molecule has 0 bridgehead atoms. The number of aliphatic hydroxyl groups excluding tert-OH is 1. The summed E-state index contributed by atoms with van der Waals surface area (Å²) in [5.41, 5.74) is 0.430. The molecule has 19 heavy (non-hydrogen) atoms. The summed E-state index contributed by atoms with van der Waals surface area (Å²) >= 11 is 0. The number of benzene rings is 1. The second-order valence-electron chi connectivity index (χ2n) is 4.92. The molecule has 0 aliphatic carbocycles. The van der Waals surface area contributed by atoms with E-state index < -0.39 is 17.7 Å². The van der Waals surface area contributed by atoms with Crippen LogP contribution in [-0.2, 0) is 11.2 Å². The molecule has 2 atom stereocenters. The molecule has 0 aliphatic heterocycles. The lowest BCUT2D eigenvalue weighted by Gasteiger charge is -2.14. The predicted molar refractivity (Wildman–Crippen MR) is 68.5 cm³/mol. The van der Waals surface area contributed by atoms with Gasteiger partial charge < -0.3 is 10.4 Å². The number of amides is 1. The number of rotatable bonds is 6. The van der Waals surface area contributed by atoms with Gasteiger partial charge in [-0.3, -0.25) is 4.79 Å². The minimum atomic E-state index is -0.951. The highest BCUT2D eigenvalue weighted by Gasteiger charge is 2.10. The van der Waals surface area contributed by atoms with Gasteiger partial charge in [-0.15, -0.1) is 0 Å². The van der Waals surface area contributed by atoms with Crippen molar-refractivity contribution in [3.05, 3.63) is 35.4 Å². The Labute approximate surface area is 111 Å². The molecule has 0 aromatic heterocycles. The zero-order valence-electron chi connectivity index (χ0n) is 11.1. The molecule has 0 radical (unpaired) electrons. The first-order chi connectivity index (χ1) is 8.88. The molecule has 0 spiro atoms. The van der Waals surface area contributed by atoms with Crippen molar-refractivity contribution < 1.29 is 18.7 Å². The molecule has 0 aliphatic rings. The second-order valence-corrected chi connectivity index (χ2v) is 4.92. The normalized spacial score (nSPS) is 13.9. The van der Waals surface area contributed by atoms with E-state index in [1.54, 1.807) is 6.92 Å². The minimum Gasteiger partial charge on any atom is -0.393 e. The molecule has 1 rings (SSSR count). The topological polar surface area (TPSA) is 49.3 Å². The van der Waals surface area contributed by atoms with E-state index in [4.69, 9.17) is 0 Å². The Morgan fingerprint density at radius 1 is 1.32 bits per heavy atom. The van der Waals surface area contributed by atoms with Crippen molar-refractivity contribution in [3.63, 3.8) is 0 Å². The van der Waals surface area contributed by atoms with Crippen molar-refractivity contribution in [1.29, 1.82) is 0 Å². The average Bonchev–Trinajstić information content (AvgIpc) is 2.30. The van der Waals surface area contributed by atoms with Gasteiger partial charge >= 0.3 is 0 Å². The molecule has 0 heterocycles. The summed E-state index contributed by atoms with van der Waals surface area (Å²) in [6.45, 7) is 4.07. The third-order valence-electron chi connectivity index (χ3n) is 2.74. The minimum absolute atomic E-state index is 0.0125. The Kier molecular flexibility index (Phi) is 5.89. The summed E-state index contributed by atoms with van der Waals surface area (Å²) in [4.78, 5) is 11.6. The van der Waals surface area contributed by atoms with Crippen LogP contribution in [0.2, 0.25) is 0 Å². The first-order valence-corrected chi connectivity index (χ1v) is 6.27. The zero-order valence-corrected chi connectivity index (χ0v) is 11.1. The highest BCUT2D eigenvalue weighted by Crippen LogP contribution is 2.09. The van der Waals surface area contributed by atoms with Gasteiger partial charge in [0.05, 0.1) is 12.5 Å². The van der Waals surface area contributed by atoms with E-state index in [0.717, 1.165) is 12.1 Å². The first kappa shape index (κ1) is 15.6. The number of carbonyl (C=O) groups is 1. The Morgan fingerprint density at radius 2 is 2.00 bits per heavy atom. The van der Waals surface area contributed by atoms with Crippen LogP contribution in [0.1, 0.15) is 25.8 Å². The van der Waals surface area contributed by atoms with Crippen molar-refractivity contribution in [2.75, 3.05) is 6.54 Å². The van der Waals surface area contributed by atoms with Gasteiger partial charge in [0.1, 0.15) is 0 Å². The molecule has 1 amide bonds. The summed E-state index contributed by atoms with van der Waals surface area (Å²) in [6, 6.07) is 3.42. The molecular formula is C14H19F2NO2. The predicted octanol–water partition coefficient (Wildman–Crippen LogP) is 2.03. The SMILES string of the molecule is CC(O)CC(C)CNC(=O)Cc1ccc(F)c(F)c1. The second kappa shape index (κ2) is 7.19. The van der Waals surface area contributed by atoms with E-state index in [9.17, 15) is 18.7 Å². The zero-order chi connectivity index (χ0) is 14.4. The largest absolute Gasteiger partial charge is 0.393 e. The Morgan fingerprint density at radius 3 is 2.58 bits per heavy atom. The molecule has 2 N–H and O–H groups in total. The van der Waals surface area contributed by atoms with Crippen LogP contribution in [0.15, 0.2) is 18.2 Å². The molecule has 1 aromatic rings. The van der Waals surface area contributed by atoms with Gasteiger partial charge in [0, 0.05) is 6.54 Å². The van der Waals surface area contributed by atoms with Gasteiger partial charge in [-0.1, -0.05) is 13.0 Å². The molecule has 5 heteroatoms. The fourth-order valence-electron chi connectivity index (χ4n) is 1.85. The summed E-state index contributed by atoms with van der Waals surface area (Å²) in [5.74, 6) is -1.96. The third kappa shape index (κ3) is 5.79. The maximum absolute atomic E-state index is 13.0. The average molecular weight is 271 g/mol. The lowest BCUT2D eigenvalue weighted by molar-refractivity contribution is -0.120. The lowest BCUT2D eigenvalue weighted by Crippen LogP contribution is -2.30. The summed E-state index contributed by atoms with van der Waals surface area (Å²) in [7, 11) is 0. The van der Waals surface area contributed by atoms with Crippen LogP contribution in [-0.4, -0.2) is 23.7 Å². The van der Waals surface area contributed by atoms with Gasteiger partial charge in [0.25, 0.3) is 0 Å². The number of hydrogen-bond acceptors (Lipinski definition) is 2. The van der Waals surface area contributed by atoms with Gasteiger partial charge in [-0.05, 0) is 37.0 Å². The molecule has 0 saturated heterocycles. The molecular weight excluding hydrogens is 252 g/mol. The van der Waals surface area contributed by atoms with Gasteiger partial charge in [0.2, 0.25) is 5.91 Å². The molecule has 106 valence electrons. The van der Waals surface area contributed by atoms with Gasteiger partial charge in [-0.25, -0.2) is 8.78 Å². The van der Waals surface area contributed by atoms with Crippen molar-refractivity contribution in [1.82, 2.24) is 5.32 Å². The van der Waals surface area contributed by atoms with Crippen molar-refractivity contribution in [3.8, 4) is 0 Å². The molecule has 0 saturated carbocycles. The van der Waals surface area contributed by atoms with Crippen LogP contribution in [0.5, 0.6) is 0 Å². The Hall–Kier alpha value is -1.49. The molecule has 2 unspecified atom stereocenters. The van der Waals surface area contributed by atoms with E-state index >= 15 is 0 Å². The van der Waals surface area contributed by atoms with Crippen LogP contribution >= 0.6 is 0 Å². The Bertz CT molecular complexity index is 435. The van der Waals surface area contributed by atoms with E-state index in [-0.39, 0.29) is 18.2 Å². The smallest absolute Gasteiger partial charge is 0.224 e. The van der Waals surface area contributed by atoms with Gasteiger partial charge in [-0.2, -0.15) is 0 Å². The maximum Gasteiger partial charge on any atom is 0.224 e. The van der Waals surface area contributed by atoms with E-state index in [0.29, 0.717) is 18.5 Å². The van der Waals surface area contributed by atoms with Crippen LogP contribution < -0.4 is 5.32 Å². The van der Waals surface area contributed by atoms with E-state index in [2.05, 4.69) is 5.32 Å². The molecule has 3 nitrogen and oxygen atoms in total. The lowest BCUT2D eigenvalue weighted by atomic mass is 10.0. The van der Waals surface area contributed by atoms with Gasteiger partial charge in [0.15, 0.2) is 11.6 Å². The highest BCUT2D eigenvalue weighted by molar-refractivity contribution is 5.78. The summed E-state index contributed by atoms with van der Waals surface area (Å²) in [6.07, 6.45) is 0.211. The monoisotopic (exact) mass is 271 g/mol. The van der Waals surface area contributed by atoms with Crippen LogP contribution in [0.4, 0.5) is 8.78 Å². The third-order valence-corrected chi connectivity index (χ3v) is 2.74. The highest BCUT2D eigenvalue weighted by atomic mass is 19.2. The summed E-state index contributed by atoms with van der Waals surface area (Å²) in [5, 5.41) is 11.9. The van der Waals surface area contributed by atoms with Crippen molar-refractivity contribution >= 4 is 5.91 Å². The first-order valence-electron chi connectivity index (χ1n) is 6.27. The van der Waals surface area contributed by atoms with Crippen molar-refractivity contribution in [2.45, 2.75) is 32.8 Å². The Balaban J connectivity index is 2.40. The van der Waals surface area contributed by atoms with E-state index in [1.165, 1.54) is 6.07 Å². The standard InChI is InChI=1S/C14H19F2NO2/c1-9(5-10(2)18)8-17-14(19)7-11-3-4-12(15)13(16)6-11/h3-4,6,9-10,18H,5,7-8H2,1-2H3,(H,17,19). The summed E-state index contributed by atoms with van der Waals surface area (Å²) < 4.78 is 25.7. The number of nitrogens with one attached hydrogen (secondary N) is 1. The number of carbonyl (C=O) groups excluding carboxylic acids is 1. The van der Waals surface area contributed by atoms with Crippen LogP contribution in [0.25, 0.3) is 0 Å². The number of halogens is 2. The fourth-order valence-corrected chi connectivity index (χ4v) is 1.85. The van der Waals surface area contributed by atoms with Crippen LogP contribution in [0.3, 0.4) is 0 Å². The number of aliphatic hydroxyl groups is 1. The fraction of sp³-hybridized carbons (Fsp3) is 0.500. The number of hydrogen-bond donors (Lipinski definition) is 2. The molecule has 1 aromatic carbocycles. The quantitative estimate of drug-likeness (QED) is 0.831. The van der Waals surface area contributed by atoms with Crippen molar-refractivity contribution in [2.24, 2.45) is 5.92 Å². The van der Waals surface area contributed by atoms with Crippen LogP contribution in [0, 0.1) is 17.6 Å². The van der Waals surface area contributed by atoms with E-state index in [1.807, 2.05) is 6.92 Å². The maximum atomic E-state index is 13.0.